The number of H-pyrrole nitrogens is 1. The van der Waals surface area contributed by atoms with Gasteiger partial charge in [0, 0.05) is 6.20 Å². The van der Waals surface area contributed by atoms with Crippen molar-refractivity contribution in [2.45, 2.75) is 6.42 Å². The van der Waals surface area contributed by atoms with Crippen molar-refractivity contribution in [1.82, 2.24) is 15.0 Å². The van der Waals surface area contributed by atoms with E-state index in [2.05, 4.69) is 30.9 Å². The van der Waals surface area contributed by atoms with E-state index in [0.717, 1.165) is 0 Å². The van der Waals surface area contributed by atoms with E-state index in [9.17, 15) is 4.79 Å². The summed E-state index contributed by atoms with van der Waals surface area (Å²) >= 11 is 3.18. The van der Waals surface area contributed by atoms with Gasteiger partial charge in [-0.25, -0.2) is 4.98 Å². The van der Waals surface area contributed by atoms with E-state index >= 15 is 0 Å². The second-order valence-corrected chi connectivity index (χ2v) is 3.89. The van der Waals surface area contributed by atoms with Crippen LogP contribution in [-0.4, -0.2) is 26.0 Å². The van der Waals surface area contributed by atoms with Gasteiger partial charge in [0.15, 0.2) is 4.73 Å². The molecule has 0 saturated carbocycles. The zero-order valence-electron chi connectivity index (χ0n) is 8.14. The van der Waals surface area contributed by atoms with Gasteiger partial charge in [0.1, 0.15) is 5.69 Å². The minimum Gasteiger partial charge on any atom is -0.481 e. The maximum Gasteiger partial charge on any atom is 0.309 e. The monoisotopic (exact) mass is 281 g/mol. The van der Waals surface area contributed by atoms with Crippen LogP contribution in [0, 0.1) is 0 Å². The number of hydrogen-bond donors (Lipinski definition) is 2. The minimum absolute atomic E-state index is 0.107. The van der Waals surface area contributed by atoms with E-state index in [1.807, 2.05) is 6.07 Å². The highest BCUT2D eigenvalue weighted by molar-refractivity contribution is 9.10. The lowest BCUT2D eigenvalue weighted by atomic mass is 10.2. The maximum atomic E-state index is 10.7. The van der Waals surface area contributed by atoms with Crippen molar-refractivity contribution in [3.05, 3.63) is 34.8 Å². The Balaban J connectivity index is 2.44. The quantitative estimate of drug-likeness (QED) is 0.900. The summed E-state index contributed by atoms with van der Waals surface area (Å²) < 4.78 is 0.504. The second-order valence-electron chi connectivity index (χ2n) is 3.14. The average molecular weight is 282 g/mol. The summed E-state index contributed by atoms with van der Waals surface area (Å²) in [5, 5.41) is 8.76. The van der Waals surface area contributed by atoms with Crippen LogP contribution in [0.5, 0.6) is 0 Å². The van der Waals surface area contributed by atoms with Gasteiger partial charge in [-0.1, -0.05) is 6.07 Å². The molecule has 0 bridgehead atoms. The molecule has 6 heteroatoms. The topological polar surface area (TPSA) is 78.9 Å². The molecule has 2 aromatic rings. The van der Waals surface area contributed by atoms with Gasteiger partial charge in [0.05, 0.1) is 17.8 Å². The lowest BCUT2D eigenvalue weighted by Crippen LogP contribution is -2.02. The molecular weight excluding hydrogens is 274 g/mol. The molecule has 82 valence electrons. The Morgan fingerprint density at radius 1 is 1.50 bits per heavy atom. The molecule has 0 aliphatic heterocycles. The van der Waals surface area contributed by atoms with Crippen LogP contribution >= 0.6 is 15.9 Å². The summed E-state index contributed by atoms with van der Waals surface area (Å²) in [6.45, 7) is 0. The number of hydrogen-bond acceptors (Lipinski definition) is 3. The molecule has 0 fully saturated rings. The highest BCUT2D eigenvalue weighted by Gasteiger charge is 2.14. The molecule has 5 nitrogen and oxygen atoms in total. The van der Waals surface area contributed by atoms with Gasteiger partial charge in [-0.2, -0.15) is 0 Å². The fraction of sp³-hybridized carbons (Fsp3) is 0.100. The van der Waals surface area contributed by atoms with Crippen molar-refractivity contribution in [3.63, 3.8) is 0 Å². The Morgan fingerprint density at radius 2 is 2.31 bits per heavy atom. The Labute approximate surface area is 99.7 Å². The number of aromatic nitrogens is 3. The fourth-order valence-corrected chi connectivity index (χ4v) is 1.79. The number of aliphatic carboxylic acids is 1. The first-order valence-electron chi connectivity index (χ1n) is 4.54. The first kappa shape index (κ1) is 10.8. The zero-order chi connectivity index (χ0) is 11.5. The van der Waals surface area contributed by atoms with Crippen LogP contribution in [0.1, 0.15) is 5.69 Å². The third-order valence-electron chi connectivity index (χ3n) is 1.99. The lowest BCUT2D eigenvalue weighted by Gasteiger charge is -1.98. The summed E-state index contributed by atoms with van der Waals surface area (Å²) in [4.78, 5) is 21.8. The van der Waals surface area contributed by atoms with Crippen molar-refractivity contribution >= 4 is 21.9 Å². The maximum absolute atomic E-state index is 10.7. The number of aromatic amines is 1. The first-order chi connectivity index (χ1) is 7.66. The first-order valence-corrected chi connectivity index (χ1v) is 5.33. The zero-order valence-corrected chi connectivity index (χ0v) is 9.73. The molecule has 2 heterocycles. The van der Waals surface area contributed by atoms with Gasteiger partial charge in [0.2, 0.25) is 0 Å². The van der Waals surface area contributed by atoms with Crippen molar-refractivity contribution < 1.29 is 9.90 Å². The molecule has 2 N–H and O–H groups in total. The van der Waals surface area contributed by atoms with Gasteiger partial charge in [-0.3, -0.25) is 9.78 Å². The number of nitrogens with zero attached hydrogens (tertiary/aromatic N) is 2. The Kier molecular flexibility index (Phi) is 3.00. The van der Waals surface area contributed by atoms with E-state index in [-0.39, 0.29) is 6.42 Å². The van der Waals surface area contributed by atoms with Crippen LogP contribution in [0.2, 0.25) is 0 Å². The summed E-state index contributed by atoms with van der Waals surface area (Å²) in [5.74, 6) is -0.909. The van der Waals surface area contributed by atoms with Crippen molar-refractivity contribution in [2.24, 2.45) is 0 Å². The van der Waals surface area contributed by atoms with Crippen LogP contribution in [0.15, 0.2) is 29.1 Å². The minimum atomic E-state index is -0.909. The number of halogens is 1. The predicted molar refractivity (Wildman–Crippen MR) is 60.9 cm³/mol. The number of carboxylic acids is 1. The smallest absolute Gasteiger partial charge is 0.309 e. The summed E-state index contributed by atoms with van der Waals surface area (Å²) in [5.41, 5.74) is 1.76. The van der Waals surface area contributed by atoms with Crippen molar-refractivity contribution in [1.29, 1.82) is 0 Å². The SMILES string of the molecule is O=C(O)Cc1[nH]c(Br)nc1-c1ccccn1. The molecule has 0 aliphatic rings. The summed E-state index contributed by atoms with van der Waals surface area (Å²) in [6.07, 6.45) is 1.53. The highest BCUT2D eigenvalue weighted by Crippen LogP contribution is 2.21. The van der Waals surface area contributed by atoms with Gasteiger partial charge >= 0.3 is 5.97 Å². The number of nitrogens with one attached hydrogen (secondary N) is 1. The van der Waals surface area contributed by atoms with Crippen molar-refractivity contribution in [3.8, 4) is 11.4 Å². The van der Waals surface area contributed by atoms with Gasteiger partial charge in [-0.15, -0.1) is 0 Å². The molecule has 16 heavy (non-hydrogen) atoms. The lowest BCUT2D eigenvalue weighted by molar-refractivity contribution is -0.136. The van der Waals surface area contributed by atoms with Crippen LogP contribution in [0.25, 0.3) is 11.4 Å². The number of pyridine rings is 1. The Hall–Kier alpha value is -1.69. The van der Waals surface area contributed by atoms with E-state index in [1.165, 1.54) is 0 Å². The Bertz CT molecular complexity index is 510. The molecule has 0 unspecified atom stereocenters. The molecule has 0 amide bonds. The molecule has 2 aromatic heterocycles. The van der Waals surface area contributed by atoms with Crippen LogP contribution < -0.4 is 0 Å². The van der Waals surface area contributed by atoms with E-state index < -0.39 is 5.97 Å². The Morgan fingerprint density at radius 3 is 2.94 bits per heavy atom. The summed E-state index contributed by atoms with van der Waals surface area (Å²) in [6, 6.07) is 5.41. The molecule has 0 aliphatic carbocycles. The fourth-order valence-electron chi connectivity index (χ4n) is 1.37. The molecular formula is C10H8BrN3O2. The molecule has 0 atom stereocenters. The van der Waals surface area contributed by atoms with E-state index in [0.29, 0.717) is 21.8 Å². The average Bonchev–Trinajstić information content (AvgIpc) is 2.60. The normalized spacial score (nSPS) is 10.3. The number of rotatable bonds is 3. The van der Waals surface area contributed by atoms with Gasteiger partial charge in [0.25, 0.3) is 0 Å². The van der Waals surface area contributed by atoms with Gasteiger partial charge in [-0.05, 0) is 28.1 Å². The summed E-state index contributed by atoms with van der Waals surface area (Å²) in [7, 11) is 0. The third kappa shape index (κ3) is 2.27. The number of carbonyl (C=O) groups is 1. The van der Waals surface area contributed by atoms with Crippen LogP contribution in [0.4, 0.5) is 0 Å². The van der Waals surface area contributed by atoms with Crippen molar-refractivity contribution in [2.75, 3.05) is 0 Å². The predicted octanol–water partition coefficient (Wildman–Crippen LogP) is 1.86. The van der Waals surface area contributed by atoms with Gasteiger partial charge < -0.3 is 10.1 Å². The van der Waals surface area contributed by atoms with E-state index in [4.69, 9.17) is 5.11 Å². The largest absolute Gasteiger partial charge is 0.481 e. The highest BCUT2D eigenvalue weighted by atomic mass is 79.9. The third-order valence-corrected chi connectivity index (χ3v) is 2.36. The second kappa shape index (κ2) is 4.44. The molecule has 0 spiro atoms. The molecule has 2 rings (SSSR count). The number of imidazole rings is 1. The standard InChI is InChI=1S/C10H8BrN3O2/c11-10-13-7(5-8(15)16)9(14-10)6-3-1-2-4-12-6/h1-4H,5H2,(H,13,14)(H,15,16). The number of carboxylic acid groups (broad SMARTS) is 1. The molecule has 0 aromatic carbocycles. The molecule has 0 radical (unpaired) electrons. The van der Waals surface area contributed by atoms with Crippen LogP contribution in [-0.2, 0) is 11.2 Å². The van der Waals surface area contributed by atoms with E-state index in [1.54, 1.807) is 18.3 Å². The van der Waals surface area contributed by atoms with Crippen LogP contribution in [0.3, 0.4) is 0 Å². The molecule has 0 saturated heterocycles.